The Hall–Kier alpha value is -2.06. The Kier molecular flexibility index (Phi) is 5.24. The normalized spacial score (nSPS) is 19.8. The minimum absolute atomic E-state index is 0.0550. The number of carbonyl (C=O) groups is 2. The topological polar surface area (TPSA) is 71.5 Å². The Morgan fingerprint density at radius 3 is 2.46 bits per heavy atom. The lowest BCUT2D eigenvalue weighted by atomic mass is 10.1. The van der Waals surface area contributed by atoms with Gasteiger partial charge >= 0.3 is 0 Å². The van der Waals surface area contributed by atoms with Gasteiger partial charge < -0.3 is 4.90 Å². The SMILES string of the molecule is CC(=O)c1ccc(C(=O)N2CC[C@H](c3ccccc3F)S(=O)(=O)CC2)s1. The number of thiophene rings is 1. The summed E-state index contributed by atoms with van der Waals surface area (Å²) in [7, 11) is -3.58. The minimum Gasteiger partial charge on any atom is -0.337 e. The van der Waals surface area contributed by atoms with E-state index in [1.807, 2.05) is 0 Å². The van der Waals surface area contributed by atoms with Gasteiger partial charge in [-0.3, -0.25) is 9.59 Å². The summed E-state index contributed by atoms with van der Waals surface area (Å²) in [6, 6.07) is 9.02. The molecule has 0 spiro atoms. The molecule has 26 heavy (non-hydrogen) atoms. The van der Waals surface area contributed by atoms with Gasteiger partial charge in [0.05, 0.1) is 20.8 Å². The van der Waals surface area contributed by atoms with E-state index in [1.54, 1.807) is 18.2 Å². The third kappa shape index (κ3) is 3.71. The number of nitrogens with zero attached hydrogens (tertiary/aromatic N) is 1. The molecule has 1 aromatic carbocycles. The van der Waals surface area contributed by atoms with Crippen molar-refractivity contribution in [2.75, 3.05) is 18.8 Å². The molecule has 1 aliphatic heterocycles. The first-order valence-electron chi connectivity index (χ1n) is 8.15. The molecule has 1 amide bonds. The van der Waals surface area contributed by atoms with Crippen molar-refractivity contribution >= 4 is 32.9 Å². The average Bonchev–Trinajstić information content (AvgIpc) is 3.03. The largest absolute Gasteiger partial charge is 0.337 e. The highest BCUT2D eigenvalue weighted by atomic mass is 32.2. The summed E-state index contributed by atoms with van der Waals surface area (Å²) in [6.07, 6.45) is 0.139. The Labute approximate surface area is 155 Å². The van der Waals surface area contributed by atoms with E-state index in [-0.39, 0.29) is 42.5 Å². The molecule has 2 heterocycles. The summed E-state index contributed by atoms with van der Waals surface area (Å²) in [5.41, 5.74) is 0.150. The summed E-state index contributed by atoms with van der Waals surface area (Å²) >= 11 is 1.10. The number of rotatable bonds is 3. The Morgan fingerprint density at radius 2 is 1.81 bits per heavy atom. The zero-order valence-corrected chi connectivity index (χ0v) is 15.8. The van der Waals surface area contributed by atoms with Gasteiger partial charge in [0.15, 0.2) is 15.6 Å². The van der Waals surface area contributed by atoms with Gasteiger partial charge in [0.1, 0.15) is 5.82 Å². The van der Waals surface area contributed by atoms with Crippen LogP contribution in [0.25, 0.3) is 0 Å². The van der Waals surface area contributed by atoms with Crippen LogP contribution in [0.15, 0.2) is 36.4 Å². The number of benzene rings is 1. The van der Waals surface area contributed by atoms with E-state index in [0.29, 0.717) is 9.75 Å². The highest BCUT2D eigenvalue weighted by Gasteiger charge is 2.34. The number of sulfone groups is 1. The van der Waals surface area contributed by atoms with Crippen molar-refractivity contribution in [3.8, 4) is 0 Å². The number of Topliss-reactive ketones (excluding diaryl/α,β-unsaturated/α-hetero) is 1. The van der Waals surface area contributed by atoms with Crippen molar-refractivity contribution in [3.63, 3.8) is 0 Å². The molecule has 1 fully saturated rings. The first-order valence-corrected chi connectivity index (χ1v) is 10.7. The van der Waals surface area contributed by atoms with Gasteiger partial charge in [-0.05, 0) is 31.5 Å². The highest BCUT2D eigenvalue weighted by molar-refractivity contribution is 7.91. The smallest absolute Gasteiger partial charge is 0.263 e. The predicted molar refractivity (Wildman–Crippen MR) is 97.8 cm³/mol. The van der Waals surface area contributed by atoms with Crippen molar-refractivity contribution in [1.82, 2.24) is 4.90 Å². The molecule has 0 saturated carbocycles. The molecule has 0 N–H and O–H groups in total. The first kappa shape index (κ1) is 18.7. The molecule has 0 radical (unpaired) electrons. The van der Waals surface area contributed by atoms with Crippen LogP contribution in [0.5, 0.6) is 0 Å². The Morgan fingerprint density at radius 1 is 1.12 bits per heavy atom. The maximum atomic E-state index is 14.1. The molecule has 0 bridgehead atoms. The molecule has 0 unspecified atom stereocenters. The van der Waals surface area contributed by atoms with E-state index >= 15 is 0 Å². The molecular formula is C18H18FNO4S2. The maximum Gasteiger partial charge on any atom is 0.263 e. The van der Waals surface area contributed by atoms with Gasteiger partial charge in [0.25, 0.3) is 5.91 Å². The van der Waals surface area contributed by atoms with E-state index in [1.165, 1.54) is 30.0 Å². The third-order valence-corrected chi connectivity index (χ3v) is 7.73. The van der Waals surface area contributed by atoms with Gasteiger partial charge in [-0.25, -0.2) is 12.8 Å². The number of hydrogen-bond donors (Lipinski definition) is 0. The van der Waals surface area contributed by atoms with E-state index in [4.69, 9.17) is 0 Å². The standard InChI is InChI=1S/C18H18FNO4S2/c1-12(21)15-6-7-16(25-15)18(22)20-9-8-17(26(23,24)11-10-20)13-4-2-3-5-14(13)19/h2-7,17H,8-11H2,1H3/t17-/m1/s1. The van der Waals surface area contributed by atoms with E-state index < -0.39 is 20.9 Å². The van der Waals surface area contributed by atoms with Gasteiger partial charge in [-0.2, -0.15) is 0 Å². The van der Waals surface area contributed by atoms with Gasteiger partial charge in [-0.1, -0.05) is 18.2 Å². The number of halogens is 1. The fourth-order valence-corrected chi connectivity index (χ4v) is 5.70. The number of ketones is 1. The highest BCUT2D eigenvalue weighted by Crippen LogP contribution is 2.31. The average molecular weight is 395 g/mol. The van der Waals surface area contributed by atoms with Crippen molar-refractivity contribution < 1.29 is 22.4 Å². The van der Waals surface area contributed by atoms with Crippen molar-refractivity contribution in [2.24, 2.45) is 0 Å². The molecule has 2 aromatic rings. The Balaban J connectivity index is 1.83. The quantitative estimate of drug-likeness (QED) is 0.749. The molecule has 138 valence electrons. The second kappa shape index (κ2) is 7.28. The van der Waals surface area contributed by atoms with Crippen molar-refractivity contribution in [2.45, 2.75) is 18.6 Å². The molecule has 1 atom stereocenters. The summed E-state index contributed by atoms with van der Waals surface area (Å²) in [6.45, 7) is 1.70. The van der Waals surface area contributed by atoms with Gasteiger partial charge in [0, 0.05) is 18.7 Å². The van der Waals surface area contributed by atoms with Crippen LogP contribution in [0.4, 0.5) is 4.39 Å². The molecule has 8 heteroatoms. The fraction of sp³-hybridized carbons (Fsp3) is 0.333. The van der Waals surface area contributed by atoms with Crippen LogP contribution in [-0.4, -0.2) is 43.9 Å². The maximum absolute atomic E-state index is 14.1. The van der Waals surface area contributed by atoms with E-state index in [9.17, 15) is 22.4 Å². The van der Waals surface area contributed by atoms with Crippen molar-refractivity contribution in [3.05, 3.63) is 57.5 Å². The summed E-state index contributed by atoms with van der Waals surface area (Å²) in [5, 5.41) is -0.961. The summed E-state index contributed by atoms with van der Waals surface area (Å²) < 4.78 is 39.3. The molecule has 0 aliphatic carbocycles. The van der Waals surface area contributed by atoms with Crippen LogP contribution in [-0.2, 0) is 9.84 Å². The molecule has 1 aliphatic rings. The summed E-state index contributed by atoms with van der Waals surface area (Å²) in [5.74, 6) is -1.19. The zero-order valence-electron chi connectivity index (χ0n) is 14.1. The predicted octanol–water partition coefficient (Wildman–Crippen LogP) is 3.09. The van der Waals surface area contributed by atoms with Crippen LogP contribution < -0.4 is 0 Å². The van der Waals surface area contributed by atoms with Crippen molar-refractivity contribution in [1.29, 1.82) is 0 Å². The Bertz CT molecular complexity index is 952. The fourth-order valence-electron chi connectivity index (χ4n) is 3.03. The third-order valence-electron chi connectivity index (χ3n) is 4.44. The lowest BCUT2D eigenvalue weighted by Crippen LogP contribution is -2.33. The lowest BCUT2D eigenvalue weighted by Gasteiger charge is -2.19. The second-order valence-corrected chi connectivity index (χ2v) is 9.56. The molecule has 1 saturated heterocycles. The molecule has 5 nitrogen and oxygen atoms in total. The van der Waals surface area contributed by atoms with E-state index in [0.717, 1.165) is 11.3 Å². The molecule has 1 aromatic heterocycles. The number of hydrogen-bond acceptors (Lipinski definition) is 5. The van der Waals surface area contributed by atoms with Crippen LogP contribution in [0.2, 0.25) is 0 Å². The molecule has 3 rings (SSSR count). The van der Waals surface area contributed by atoms with Crippen LogP contribution >= 0.6 is 11.3 Å². The van der Waals surface area contributed by atoms with Crippen LogP contribution in [0.1, 0.15) is 43.5 Å². The summed E-state index contributed by atoms with van der Waals surface area (Å²) in [4.78, 5) is 26.4. The number of carbonyl (C=O) groups excluding carboxylic acids is 2. The van der Waals surface area contributed by atoms with Gasteiger partial charge in [0.2, 0.25) is 0 Å². The molecular weight excluding hydrogens is 377 g/mol. The number of amides is 1. The lowest BCUT2D eigenvalue weighted by molar-refractivity contribution is 0.0771. The minimum atomic E-state index is -3.58. The second-order valence-electron chi connectivity index (χ2n) is 6.18. The van der Waals surface area contributed by atoms with E-state index in [2.05, 4.69) is 0 Å². The first-order chi connectivity index (χ1) is 12.3. The van der Waals surface area contributed by atoms with Gasteiger partial charge in [-0.15, -0.1) is 11.3 Å². The van der Waals surface area contributed by atoms with Crippen LogP contribution in [0.3, 0.4) is 0 Å². The van der Waals surface area contributed by atoms with Crippen LogP contribution in [0, 0.1) is 5.82 Å². The zero-order chi connectivity index (χ0) is 18.9. The monoisotopic (exact) mass is 395 g/mol.